The lowest BCUT2D eigenvalue weighted by atomic mass is 9.93. The molecule has 2 bridgehead atoms. The number of nitrogens with one attached hydrogen (secondary N) is 1. The van der Waals surface area contributed by atoms with E-state index in [1.54, 1.807) is 6.92 Å². The minimum Gasteiger partial charge on any atom is -0.386 e. The molecule has 5 N–H and O–H groups in total. The smallest absolute Gasteiger partial charge is 0.386 e. The van der Waals surface area contributed by atoms with E-state index in [-0.39, 0.29) is 34.4 Å². The number of nitrogen functional groups attached to an aromatic ring is 1. The first-order valence-corrected chi connectivity index (χ1v) is 18.6. The average Bonchev–Trinajstić information content (AvgIpc) is 3.74. The molecule has 0 spiro atoms. The van der Waals surface area contributed by atoms with E-state index in [2.05, 4.69) is 54.6 Å². The SMILES string of the molecule is CC[C@@]12COP(=O)(S)O[C@@H]3[C@H](O)[C@H](O[C@H]3n3cnc4c(=O)[nH]ncc43)OP(=O)(S)O[C@H]1[C@@H](O)[C@H](n1cnc3c(N)ncnc31)O2. The number of thiol groups is 2. The molecule has 2 unspecified atom stereocenters. The van der Waals surface area contributed by atoms with Crippen LogP contribution in [0.2, 0.25) is 0 Å². The molecule has 20 nitrogen and oxygen atoms in total. The molecule has 0 aromatic carbocycles. The number of ether oxygens (including phenoxy) is 2. The molecule has 24 heteroatoms. The number of rotatable bonds is 3. The molecule has 0 aliphatic carbocycles. The lowest BCUT2D eigenvalue weighted by Crippen LogP contribution is -2.48. The molecule has 0 radical (unpaired) electrons. The number of aromatic nitrogens is 8. The van der Waals surface area contributed by atoms with Gasteiger partial charge in [-0.15, -0.1) is 0 Å². The van der Waals surface area contributed by atoms with Crippen molar-refractivity contribution in [3.8, 4) is 0 Å². The molecular formula is C21H25N9O11P2S2. The van der Waals surface area contributed by atoms with Crippen molar-refractivity contribution in [1.82, 2.24) is 39.3 Å². The lowest BCUT2D eigenvalue weighted by Gasteiger charge is -2.35. The second-order valence-electron chi connectivity index (χ2n) is 10.4. The molecule has 242 valence electrons. The standard InChI is InChI=1S/C21H25N9O11P2S2/c1-2-21-4-36-42(34,44)39-13-11(31)20(37-19(13)29-6-25-9-8(29)3-27-28-17(9)33)41-43(35,45)40-14(21)12(32)18(38-21)30-7-26-10-15(22)23-5-24-16(10)30/h3,5-7,11-14,18-20,31-32H,2,4H2,1H3,(H,28,33)(H,34,44)(H,35,45)(H2,22,23,24)/t11-,12+,13+,14-,18+,19+,20+,21+,42?,43?/m0/s1. The Morgan fingerprint density at radius 2 is 1.80 bits per heavy atom. The zero-order valence-electron chi connectivity index (χ0n) is 22.8. The highest BCUT2D eigenvalue weighted by atomic mass is 32.7. The van der Waals surface area contributed by atoms with E-state index >= 15 is 0 Å². The van der Waals surface area contributed by atoms with Crippen LogP contribution in [-0.4, -0.2) is 92.4 Å². The predicted molar refractivity (Wildman–Crippen MR) is 157 cm³/mol. The van der Waals surface area contributed by atoms with E-state index in [1.807, 2.05) is 0 Å². The number of nitrogens with zero attached hydrogens (tertiary/aromatic N) is 7. The Morgan fingerprint density at radius 3 is 2.58 bits per heavy atom. The number of imidazole rings is 2. The predicted octanol–water partition coefficient (Wildman–Crippen LogP) is 0.689. The fourth-order valence-electron chi connectivity index (χ4n) is 5.58. The number of hydrogen-bond acceptors (Lipinski definition) is 17. The van der Waals surface area contributed by atoms with Crippen LogP contribution in [0.25, 0.3) is 22.2 Å². The molecule has 7 rings (SSSR count). The van der Waals surface area contributed by atoms with Crippen molar-refractivity contribution in [3.05, 3.63) is 35.5 Å². The van der Waals surface area contributed by atoms with E-state index in [0.29, 0.717) is 0 Å². The van der Waals surface area contributed by atoms with E-state index in [0.717, 1.165) is 0 Å². The highest BCUT2D eigenvalue weighted by Gasteiger charge is 2.60. The highest BCUT2D eigenvalue weighted by molar-refractivity contribution is 8.44. The monoisotopic (exact) mass is 705 g/mol. The van der Waals surface area contributed by atoms with Gasteiger partial charge in [0.15, 0.2) is 35.7 Å². The molecule has 10 atom stereocenters. The summed E-state index contributed by atoms with van der Waals surface area (Å²) in [4.78, 5) is 28.5. The van der Waals surface area contributed by atoms with Gasteiger partial charge in [0.1, 0.15) is 41.9 Å². The van der Waals surface area contributed by atoms with E-state index < -0.39 is 74.5 Å². The van der Waals surface area contributed by atoms with Gasteiger partial charge in [-0.25, -0.2) is 34.2 Å². The van der Waals surface area contributed by atoms with Gasteiger partial charge >= 0.3 is 13.6 Å². The molecule has 3 aliphatic heterocycles. The van der Waals surface area contributed by atoms with Crippen molar-refractivity contribution >= 4 is 66.1 Å². The van der Waals surface area contributed by atoms with Crippen LogP contribution in [-0.2, 0) is 36.7 Å². The number of hydrogen-bond donors (Lipinski definition) is 6. The molecule has 3 aliphatic rings. The van der Waals surface area contributed by atoms with Gasteiger partial charge < -0.3 is 25.4 Å². The molecule has 3 saturated heterocycles. The Kier molecular flexibility index (Phi) is 7.66. The van der Waals surface area contributed by atoms with Crippen LogP contribution in [0.15, 0.2) is 30.0 Å². The Hall–Kier alpha value is -2.46. The van der Waals surface area contributed by atoms with Crippen LogP contribution in [0.1, 0.15) is 25.8 Å². The summed E-state index contributed by atoms with van der Waals surface area (Å²) in [7, 11) is 0. The maximum Gasteiger partial charge on any atom is 0.388 e. The van der Waals surface area contributed by atoms with Crippen LogP contribution in [0.3, 0.4) is 0 Å². The molecule has 7 heterocycles. The first-order chi connectivity index (χ1) is 21.3. The zero-order valence-corrected chi connectivity index (χ0v) is 26.4. The summed E-state index contributed by atoms with van der Waals surface area (Å²) >= 11 is 8.23. The van der Waals surface area contributed by atoms with Gasteiger partial charge in [0.2, 0.25) is 0 Å². The minimum atomic E-state index is -4.53. The molecule has 4 aromatic heterocycles. The largest absolute Gasteiger partial charge is 0.388 e. The van der Waals surface area contributed by atoms with Crippen LogP contribution < -0.4 is 11.3 Å². The first-order valence-electron chi connectivity index (χ1n) is 13.2. The van der Waals surface area contributed by atoms with Crippen molar-refractivity contribution in [2.24, 2.45) is 0 Å². The Bertz CT molecular complexity index is 1940. The van der Waals surface area contributed by atoms with E-state index in [4.69, 9.17) is 33.3 Å². The normalized spacial score (nSPS) is 39.1. The average molecular weight is 706 g/mol. The fourth-order valence-corrected chi connectivity index (χ4v) is 8.73. The number of aliphatic hydroxyl groups is 2. The lowest BCUT2D eigenvalue weighted by molar-refractivity contribution is -0.138. The van der Waals surface area contributed by atoms with Crippen LogP contribution in [0, 0.1) is 0 Å². The third-order valence-corrected chi connectivity index (χ3v) is 10.9. The molecule has 4 aromatic rings. The fraction of sp³-hybridized carbons (Fsp3) is 0.524. The zero-order chi connectivity index (χ0) is 31.9. The number of anilines is 1. The van der Waals surface area contributed by atoms with Gasteiger partial charge in [0.25, 0.3) is 5.56 Å². The maximum absolute atomic E-state index is 13.8. The third kappa shape index (κ3) is 5.22. The number of aromatic amines is 1. The number of fused-ring (bicyclic) bond motifs is 5. The number of aliphatic hydroxyl groups excluding tert-OH is 2. The number of nitrogens with two attached hydrogens (primary N) is 1. The van der Waals surface area contributed by atoms with Gasteiger partial charge in [0.05, 0.1) is 31.0 Å². The van der Waals surface area contributed by atoms with Gasteiger partial charge in [-0.05, 0) is 6.42 Å². The summed E-state index contributed by atoms with van der Waals surface area (Å²) in [6.07, 6.45) is -5.74. The first kappa shape index (κ1) is 31.2. The second kappa shape index (κ2) is 11.1. The Balaban J connectivity index is 1.26. The highest BCUT2D eigenvalue weighted by Crippen LogP contribution is 2.63. The molecule has 3 fully saturated rings. The van der Waals surface area contributed by atoms with Crippen molar-refractivity contribution in [1.29, 1.82) is 0 Å². The van der Waals surface area contributed by atoms with Crippen LogP contribution in [0.5, 0.6) is 0 Å². The molecule has 0 amide bonds. The summed E-state index contributed by atoms with van der Waals surface area (Å²) in [5.74, 6) is 0.0857. The van der Waals surface area contributed by atoms with Crippen LogP contribution >= 0.6 is 38.1 Å². The Morgan fingerprint density at radius 1 is 1.04 bits per heavy atom. The molecule has 0 saturated carbocycles. The quantitative estimate of drug-likeness (QED) is 0.126. The van der Waals surface area contributed by atoms with E-state index in [1.165, 1.54) is 34.3 Å². The summed E-state index contributed by atoms with van der Waals surface area (Å²) in [5.41, 5.74) is 4.26. The second-order valence-corrected chi connectivity index (χ2v) is 16.1. The van der Waals surface area contributed by atoms with Crippen molar-refractivity contribution in [3.63, 3.8) is 0 Å². The molecular weight excluding hydrogens is 680 g/mol. The summed E-state index contributed by atoms with van der Waals surface area (Å²) < 4.78 is 64.9. The van der Waals surface area contributed by atoms with Gasteiger partial charge in [-0.1, -0.05) is 31.4 Å². The van der Waals surface area contributed by atoms with Gasteiger partial charge in [0, 0.05) is 0 Å². The summed E-state index contributed by atoms with van der Waals surface area (Å²) in [5, 5.41) is 28.7. The Labute approximate surface area is 261 Å². The topological polar surface area (TPSA) is 263 Å². The van der Waals surface area contributed by atoms with Crippen LogP contribution in [0.4, 0.5) is 5.82 Å². The summed E-state index contributed by atoms with van der Waals surface area (Å²) in [6, 6.07) is 0. The maximum atomic E-state index is 13.8. The van der Waals surface area contributed by atoms with Gasteiger partial charge in [-0.3, -0.25) is 32.0 Å². The van der Waals surface area contributed by atoms with Crippen molar-refractivity contribution in [2.75, 3.05) is 12.3 Å². The van der Waals surface area contributed by atoms with Crippen molar-refractivity contribution < 1.29 is 46.9 Å². The minimum absolute atomic E-state index is 0.0177. The van der Waals surface area contributed by atoms with E-state index in [9.17, 15) is 24.1 Å². The molecule has 45 heavy (non-hydrogen) atoms. The number of H-pyrrole nitrogens is 1. The summed E-state index contributed by atoms with van der Waals surface area (Å²) in [6.45, 7) is -7.84. The van der Waals surface area contributed by atoms with Crippen molar-refractivity contribution in [2.45, 2.75) is 62.1 Å². The van der Waals surface area contributed by atoms with Gasteiger partial charge in [-0.2, -0.15) is 5.10 Å². The third-order valence-electron chi connectivity index (χ3n) is 7.79.